The number of alkyl halides is 12. The van der Waals surface area contributed by atoms with Gasteiger partial charge in [0, 0.05) is 5.75 Å². The molecule has 0 N–H and O–H groups in total. The van der Waals surface area contributed by atoms with Crippen molar-refractivity contribution in [3.8, 4) is 0 Å². The van der Waals surface area contributed by atoms with Crippen molar-refractivity contribution in [1.82, 2.24) is 0 Å². The Kier molecular flexibility index (Phi) is 9.22. The van der Waals surface area contributed by atoms with Gasteiger partial charge in [0.15, 0.2) is 9.73 Å². The number of unbranched alkanes of at least 4 members (excludes halogenated alkanes) is 5. The number of sulfonamides is 1. The largest absolute Gasteiger partial charge is 0.480 e. The van der Waals surface area contributed by atoms with Gasteiger partial charge in [0.05, 0.1) is 0 Å². The molecule has 0 aromatic carbocycles. The van der Waals surface area contributed by atoms with Crippen LogP contribution in [-0.4, -0.2) is 47.2 Å². The minimum absolute atomic E-state index is 0.138. The van der Waals surface area contributed by atoms with Crippen molar-refractivity contribution < 1.29 is 65.3 Å². The van der Waals surface area contributed by atoms with Gasteiger partial charge in [-0.25, -0.2) is 4.21 Å². The van der Waals surface area contributed by atoms with Crippen molar-refractivity contribution in [2.24, 2.45) is 3.77 Å². The molecule has 1 unspecified atom stereocenters. The Morgan fingerprint density at radius 1 is 0.645 bits per heavy atom. The fourth-order valence-corrected chi connectivity index (χ4v) is 5.56. The number of hydrogen-bond acceptors (Lipinski definition) is 3. The van der Waals surface area contributed by atoms with Crippen molar-refractivity contribution in [2.75, 3.05) is 5.75 Å². The maximum Gasteiger partial charge on any atom is 0.480 e. The van der Waals surface area contributed by atoms with E-state index < -0.39 is 60.7 Å². The second-order valence-electron chi connectivity index (χ2n) is 6.27. The topological polar surface area (TPSA) is 63.6 Å². The smallest absolute Gasteiger partial charge is 0.240 e. The van der Waals surface area contributed by atoms with E-state index in [9.17, 15) is 65.3 Å². The third kappa shape index (κ3) is 6.10. The van der Waals surface area contributed by atoms with Gasteiger partial charge in [-0.05, 0) is 6.42 Å². The van der Waals surface area contributed by atoms with Crippen LogP contribution in [0, 0.1) is 0 Å². The highest BCUT2D eigenvalue weighted by Crippen LogP contribution is 2.55. The van der Waals surface area contributed by atoms with Gasteiger partial charge in [0.2, 0.25) is 0 Å². The van der Waals surface area contributed by atoms with E-state index in [0.717, 1.165) is 0 Å². The highest BCUT2D eigenvalue weighted by Gasteiger charge is 2.85. The quantitative estimate of drug-likeness (QED) is 0.241. The van der Waals surface area contributed by atoms with Gasteiger partial charge in [0.25, 0.3) is 0 Å². The molecule has 18 heteroatoms. The summed E-state index contributed by atoms with van der Waals surface area (Å²) in [4.78, 5) is 0. The first-order valence-electron chi connectivity index (χ1n) is 8.29. The molecular weight excluding hydrogens is 510 g/mol. The van der Waals surface area contributed by atoms with E-state index in [4.69, 9.17) is 0 Å². The number of hydrogen-bond donors (Lipinski definition) is 0. The maximum absolute atomic E-state index is 13.5. The van der Waals surface area contributed by atoms with Gasteiger partial charge in [-0.15, -0.1) is 0 Å². The molecule has 0 fully saturated rings. The molecule has 0 aliphatic rings. The third-order valence-corrected chi connectivity index (χ3v) is 8.01. The Labute approximate surface area is 169 Å². The van der Waals surface area contributed by atoms with Crippen LogP contribution in [0.5, 0.6) is 0 Å². The van der Waals surface area contributed by atoms with Crippen LogP contribution >= 0.6 is 0 Å². The van der Waals surface area contributed by atoms with Crippen LogP contribution in [0.4, 0.5) is 52.7 Å². The van der Waals surface area contributed by atoms with Gasteiger partial charge in [-0.2, -0.15) is 61.1 Å². The van der Waals surface area contributed by atoms with Crippen molar-refractivity contribution in [2.45, 2.75) is 74.2 Å². The minimum Gasteiger partial charge on any atom is -0.240 e. The Bertz CT molecular complexity index is 824. The van der Waals surface area contributed by atoms with E-state index in [1.54, 1.807) is 6.92 Å². The fraction of sp³-hybridized carbons (Fsp3) is 1.00. The molecular formula is C13H17F12NO3S2. The van der Waals surface area contributed by atoms with Gasteiger partial charge in [-0.3, -0.25) is 0 Å². The van der Waals surface area contributed by atoms with E-state index in [0.29, 0.717) is 19.3 Å². The maximum atomic E-state index is 13.5. The summed E-state index contributed by atoms with van der Waals surface area (Å²) in [6, 6.07) is 0. The molecule has 0 aliphatic carbocycles. The van der Waals surface area contributed by atoms with Crippen LogP contribution in [-0.2, 0) is 19.8 Å². The van der Waals surface area contributed by atoms with Crippen LogP contribution < -0.4 is 0 Å². The van der Waals surface area contributed by atoms with Gasteiger partial charge < -0.3 is 0 Å². The summed E-state index contributed by atoms with van der Waals surface area (Å²) >= 11 is 0. The average molecular weight is 527 g/mol. The standard InChI is InChI=1S/C13H17F12NO3S2/c1-2-3-4-5-6-7-8-30(27,13(23,24)25)26-31(28,29)12(21,22)10(16,17)9(14,15)11(18,19)20/h2-8H2,1H3. The van der Waals surface area contributed by atoms with Crippen molar-refractivity contribution >= 4 is 19.8 Å². The second kappa shape index (κ2) is 9.51. The molecule has 0 aromatic heterocycles. The molecule has 0 radical (unpaired) electrons. The Morgan fingerprint density at radius 2 is 1.06 bits per heavy atom. The van der Waals surface area contributed by atoms with Crippen LogP contribution in [0.15, 0.2) is 3.77 Å². The molecule has 0 heterocycles. The van der Waals surface area contributed by atoms with E-state index in [1.165, 1.54) is 3.77 Å². The van der Waals surface area contributed by atoms with E-state index in [1.807, 2.05) is 0 Å². The average Bonchev–Trinajstić information content (AvgIpc) is 2.55. The van der Waals surface area contributed by atoms with Crippen molar-refractivity contribution in [1.29, 1.82) is 0 Å². The first-order valence-corrected chi connectivity index (χ1v) is 11.4. The molecule has 0 saturated heterocycles. The number of halogens is 12. The molecule has 4 nitrogen and oxygen atoms in total. The van der Waals surface area contributed by atoms with Crippen molar-refractivity contribution in [3.63, 3.8) is 0 Å². The van der Waals surface area contributed by atoms with E-state index in [-0.39, 0.29) is 12.8 Å². The van der Waals surface area contributed by atoms with E-state index >= 15 is 0 Å². The summed E-state index contributed by atoms with van der Waals surface area (Å²) in [5.41, 5.74) is -6.19. The molecule has 0 spiro atoms. The lowest BCUT2D eigenvalue weighted by Gasteiger charge is -2.32. The zero-order valence-corrected chi connectivity index (χ0v) is 17.1. The fourth-order valence-electron chi connectivity index (χ4n) is 2.00. The predicted molar refractivity (Wildman–Crippen MR) is 84.7 cm³/mol. The SMILES string of the molecule is CCCCCCCCS(=O)(=NS(=O)(=O)C(F)(F)C(F)(F)C(F)(F)C(F)(F)F)C(F)(F)F. The molecule has 0 saturated carbocycles. The molecule has 188 valence electrons. The highest BCUT2D eigenvalue weighted by molar-refractivity contribution is 8.04. The molecule has 1 atom stereocenters. The summed E-state index contributed by atoms with van der Waals surface area (Å²) in [5.74, 6) is -17.2. The van der Waals surface area contributed by atoms with Gasteiger partial charge >= 0.3 is 38.8 Å². The van der Waals surface area contributed by atoms with Gasteiger partial charge in [0.1, 0.15) is 0 Å². The molecule has 0 bridgehead atoms. The number of nitrogens with zero attached hydrogens (tertiary/aromatic N) is 1. The number of rotatable bonds is 11. The summed E-state index contributed by atoms with van der Waals surface area (Å²) in [6.45, 7) is 1.78. The molecule has 0 rings (SSSR count). The molecule has 0 aromatic rings. The van der Waals surface area contributed by atoms with Crippen LogP contribution in [0.2, 0.25) is 0 Å². The third-order valence-electron chi connectivity index (χ3n) is 3.79. The lowest BCUT2D eigenvalue weighted by atomic mass is 10.1. The Balaban J connectivity index is 6.25. The predicted octanol–water partition coefficient (Wildman–Crippen LogP) is 6.09. The molecule has 31 heavy (non-hydrogen) atoms. The minimum atomic E-state index is -7.79. The zero-order chi connectivity index (χ0) is 25.2. The van der Waals surface area contributed by atoms with Gasteiger partial charge in [-0.1, -0.05) is 42.8 Å². The first-order chi connectivity index (χ1) is 13.5. The van der Waals surface area contributed by atoms with Crippen LogP contribution in [0.25, 0.3) is 0 Å². The lowest BCUT2D eigenvalue weighted by Crippen LogP contribution is -2.63. The lowest BCUT2D eigenvalue weighted by molar-refractivity contribution is -0.382. The zero-order valence-electron chi connectivity index (χ0n) is 15.5. The monoisotopic (exact) mass is 527 g/mol. The van der Waals surface area contributed by atoms with Crippen molar-refractivity contribution in [3.05, 3.63) is 0 Å². The highest BCUT2D eigenvalue weighted by atomic mass is 32.3. The van der Waals surface area contributed by atoms with E-state index in [2.05, 4.69) is 0 Å². The summed E-state index contributed by atoms with van der Waals surface area (Å²) in [6.07, 6.45) is -6.21. The first kappa shape index (κ1) is 30.1. The summed E-state index contributed by atoms with van der Waals surface area (Å²) in [7, 11) is -14.1. The summed E-state index contributed by atoms with van der Waals surface area (Å²) in [5, 5.41) is -7.48. The second-order valence-corrected chi connectivity index (χ2v) is 10.5. The summed E-state index contributed by atoms with van der Waals surface area (Å²) < 4.78 is 190. The Morgan fingerprint density at radius 3 is 1.45 bits per heavy atom. The molecule has 0 aliphatic heterocycles. The molecule has 0 amide bonds. The van der Waals surface area contributed by atoms with Crippen LogP contribution in [0.1, 0.15) is 45.4 Å². The van der Waals surface area contributed by atoms with Crippen LogP contribution in [0.3, 0.4) is 0 Å². The normalized spacial score (nSPS) is 16.8. The Hall–Kier alpha value is -0.940.